The number of nitrogens with zero attached hydrogens (tertiary/aromatic N) is 1. The molecule has 4 nitrogen and oxygen atoms in total. The fourth-order valence-electron chi connectivity index (χ4n) is 2.68. The number of methoxy groups -OCH3 is 1. The zero-order chi connectivity index (χ0) is 13.9. The molecule has 4 heteroatoms. The Bertz CT molecular complexity index is 214. The summed E-state index contributed by atoms with van der Waals surface area (Å²) < 4.78 is 10.5. The van der Waals surface area contributed by atoms with Crippen LogP contribution < -0.4 is 5.32 Å². The van der Waals surface area contributed by atoms with Gasteiger partial charge in [0.2, 0.25) is 0 Å². The summed E-state index contributed by atoms with van der Waals surface area (Å²) in [5.41, 5.74) is 0. The summed E-state index contributed by atoms with van der Waals surface area (Å²) >= 11 is 0. The van der Waals surface area contributed by atoms with E-state index in [-0.39, 0.29) is 0 Å². The lowest BCUT2D eigenvalue weighted by atomic mass is 9.91. The third-order valence-corrected chi connectivity index (χ3v) is 3.95. The molecule has 0 amide bonds. The van der Waals surface area contributed by atoms with E-state index < -0.39 is 0 Å². The summed E-state index contributed by atoms with van der Waals surface area (Å²) in [7, 11) is 1.71. The van der Waals surface area contributed by atoms with Crippen molar-refractivity contribution in [1.82, 2.24) is 10.2 Å². The molecule has 1 aliphatic rings. The van der Waals surface area contributed by atoms with Crippen molar-refractivity contribution in [3.8, 4) is 0 Å². The lowest BCUT2D eigenvalue weighted by Gasteiger charge is -2.36. The van der Waals surface area contributed by atoms with Gasteiger partial charge in [-0.3, -0.25) is 0 Å². The van der Waals surface area contributed by atoms with Gasteiger partial charge in [-0.25, -0.2) is 0 Å². The number of ether oxygens (including phenoxy) is 2. The van der Waals surface area contributed by atoms with Crippen LogP contribution in [0.2, 0.25) is 0 Å². The van der Waals surface area contributed by atoms with Gasteiger partial charge in [-0.1, -0.05) is 6.92 Å². The Morgan fingerprint density at radius 1 is 1.32 bits per heavy atom. The van der Waals surface area contributed by atoms with Crippen LogP contribution in [0.3, 0.4) is 0 Å². The number of hydrogen-bond donors (Lipinski definition) is 1. The van der Waals surface area contributed by atoms with Crippen molar-refractivity contribution in [2.24, 2.45) is 5.92 Å². The molecular formula is C15H32N2O2. The number of hydrogen-bond acceptors (Lipinski definition) is 4. The van der Waals surface area contributed by atoms with Gasteiger partial charge in [0.1, 0.15) is 0 Å². The van der Waals surface area contributed by atoms with E-state index >= 15 is 0 Å². The fourth-order valence-corrected chi connectivity index (χ4v) is 2.68. The molecule has 2 unspecified atom stereocenters. The Kier molecular flexibility index (Phi) is 9.43. The number of likely N-dealkylation sites (tertiary alicyclic amines) is 1. The summed E-state index contributed by atoms with van der Waals surface area (Å²) in [6, 6.07) is 0.636. The zero-order valence-corrected chi connectivity index (χ0v) is 13.0. The van der Waals surface area contributed by atoms with Crippen molar-refractivity contribution in [1.29, 1.82) is 0 Å². The van der Waals surface area contributed by atoms with Crippen LogP contribution in [0.4, 0.5) is 0 Å². The second-order valence-electron chi connectivity index (χ2n) is 5.55. The average molecular weight is 272 g/mol. The Labute approximate surface area is 118 Å². The van der Waals surface area contributed by atoms with E-state index in [4.69, 9.17) is 9.47 Å². The molecule has 0 aromatic rings. The number of nitrogens with one attached hydrogen (secondary N) is 1. The van der Waals surface area contributed by atoms with Gasteiger partial charge in [0.05, 0.1) is 19.8 Å². The highest BCUT2D eigenvalue weighted by molar-refractivity contribution is 4.80. The van der Waals surface area contributed by atoms with E-state index in [0.29, 0.717) is 19.3 Å². The highest BCUT2D eigenvalue weighted by atomic mass is 16.5. The minimum absolute atomic E-state index is 0.636. The molecule has 0 aromatic heterocycles. The molecule has 1 N–H and O–H groups in total. The molecule has 2 atom stereocenters. The first kappa shape index (κ1) is 16.9. The molecule has 0 spiro atoms. The van der Waals surface area contributed by atoms with Crippen LogP contribution in [-0.4, -0.2) is 64.1 Å². The molecule has 114 valence electrons. The predicted molar refractivity (Wildman–Crippen MR) is 79.6 cm³/mol. The topological polar surface area (TPSA) is 33.7 Å². The lowest BCUT2D eigenvalue weighted by Crippen LogP contribution is -2.45. The number of piperidine rings is 1. The highest BCUT2D eigenvalue weighted by Crippen LogP contribution is 2.19. The molecule has 0 aromatic carbocycles. The van der Waals surface area contributed by atoms with E-state index in [0.717, 1.165) is 25.6 Å². The Morgan fingerprint density at radius 2 is 2.16 bits per heavy atom. The first-order valence-electron chi connectivity index (χ1n) is 7.80. The van der Waals surface area contributed by atoms with E-state index in [1.165, 1.54) is 32.4 Å². The second kappa shape index (κ2) is 10.6. The molecule has 0 saturated carbocycles. The van der Waals surface area contributed by atoms with Gasteiger partial charge in [0.25, 0.3) is 0 Å². The summed E-state index contributed by atoms with van der Waals surface area (Å²) in [5.74, 6) is 0.791. The Morgan fingerprint density at radius 3 is 2.89 bits per heavy atom. The van der Waals surface area contributed by atoms with Gasteiger partial charge in [0, 0.05) is 26.2 Å². The first-order valence-corrected chi connectivity index (χ1v) is 7.80. The third kappa shape index (κ3) is 7.25. The third-order valence-electron chi connectivity index (χ3n) is 3.95. The van der Waals surface area contributed by atoms with Crippen molar-refractivity contribution >= 4 is 0 Å². The molecule has 1 aliphatic heterocycles. The van der Waals surface area contributed by atoms with Crippen LogP contribution in [-0.2, 0) is 9.47 Å². The van der Waals surface area contributed by atoms with Gasteiger partial charge in [-0.05, 0) is 45.2 Å². The molecule has 0 bridgehead atoms. The van der Waals surface area contributed by atoms with Crippen LogP contribution in [0, 0.1) is 5.92 Å². The van der Waals surface area contributed by atoms with Gasteiger partial charge in [-0.2, -0.15) is 0 Å². The quantitative estimate of drug-likeness (QED) is 0.614. The monoisotopic (exact) mass is 272 g/mol. The van der Waals surface area contributed by atoms with Crippen LogP contribution in [0.15, 0.2) is 0 Å². The maximum atomic E-state index is 5.56. The van der Waals surface area contributed by atoms with Crippen LogP contribution in [0.1, 0.15) is 33.1 Å². The molecule has 1 heterocycles. The van der Waals surface area contributed by atoms with Crippen molar-refractivity contribution in [3.63, 3.8) is 0 Å². The molecule has 19 heavy (non-hydrogen) atoms. The molecule has 1 saturated heterocycles. The Balaban J connectivity index is 2.14. The van der Waals surface area contributed by atoms with Crippen molar-refractivity contribution in [3.05, 3.63) is 0 Å². The van der Waals surface area contributed by atoms with Gasteiger partial charge >= 0.3 is 0 Å². The second-order valence-corrected chi connectivity index (χ2v) is 5.55. The minimum atomic E-state index is 0.636. The molecule has 0 aliphatic carbocycles. The van der Waals surface area contributed by atoms with Crippen molar-refractivity contribution in [2.75, 3.05) is 53.1 Å². The van der Waals surface area contributed by atoms with Crippen LogP contribution >= 0.6 is 0 Å². The van der Waals surface area contributed by atoms with Crippen molar-refractivity contribution < 1.29 is 9.47 Å². The first-order chi connectivity index (χ1) is 9.27. The lowest BCUT2D eigenvalue weighted by molar-refractivity contribution is 0.0471. The molecular weight excluding hydrogens is 240 g/mol. The molecule has 0 radical (unpaired) electrons. The van der Waals surface area contributed by atoms with Gasteiger partial charge in [-0.15, -0.1) is 0 Å². The van der Waals surface area contributed by atoms with E-state index in [1.807, 2.05) is 0 Å². The van der Waals surface area contributed by atoms with Crippen LogP contribution in [0.25, 0.3) is 0 Å². The smallest absolute Gasteiger partial charge is 0.0700 e. The standard InChI is InChI=1S/C15H32N2O2/c1-4-7-16-14(2)15-6-5-8-17(13-15)9-10-19-12-11-18-3/h14-16H,4-13H2,1-3H3. The minimum Gasteiger partial charge on any atom is -0.382 e. The van der Waals surface area contributed by atoms with E-state index in [1.54, 1.807) is 7.11 Å². The Hall–Kier alpha value is -0.160. The van der Waals surface area contributed by atoms with Crippen LogP contribution in [0.5, 0.6) is 0 Å². The predicted octanol–water partition coefficient (Wildman–Crippen LogP) is 1.75. The van der Waals surface area contributed by atoms with Gasteiger partial charge < -0.3 is 19.7 Å². The van der Waals surface area contributed by atoms with Crippen molar-refractivity contribution in [2.45, 2.75) is 39.2 Å². The molecule has 1 rings (SSSR count). The molecule has 1 fully saturated rings. The normalized spacial score (nSPS) is 22.6. The zero-order valence-electron chi connectivity index (χ0n) is 13.0. The summed E-state index contributed by atoms with van der Waals surface area (Å²) in [5, 5.41) is 3.63. The summed E-state index contributed by atoms with van der Waals surface area (Å²) in [4.78, 5) is 2.55. The number of rotatable bonds is 10. The fraction of sp³-hybridized carbons (Fsp3) is 1.00. The largest absolute Gasteiger partial charge is 0.382 e. The highest BCUT2D eigenvalue weighted by Gasteiger charge is 2.23. The average Bonchev–Trinajstić information content (AvgIpc) is 2.45. The maximum absolute atomic E-state index is 5.56. The maximum Gasteiger partial charge on any atom is 0.0700 e. The summed E-state index contributed by atoms with van der Waals surface area (Å²) in [6.07, 6.45) is 3.90. The SMILES string of the molecule is CCCNC(C)C1CCCN(CCOCCOC)C1. The summed E-state index contributed by atoms with van der Waals surface area (Å²) in [6.45, 7) is 11.4. The van der Waals surface area contributed by atoms with E-state index in [2.05, 4.69) is 24.1 Å². The van der Waals surface area contributed by atoms with E-state index in [9.17, 15) is 0 Å². The van der Waals surface area contributed by atoms with Gasteiger partial charge in [0.15, 0.2) is 0 Å².